The fraction of sp³-hybridized carbons (Fsp3) is 0.632. The standard InChI is InChI=1S/C19H23F6NO4S/c1-2-31(29,30)15-9-3-12(4-10-15)11-16(27)26-14-7-5-13(6-8-14)17(28,18(20,21)22)19(23,24)25/h3-4,9-10,13-14,28H,2,5-8,11H2,1H3,(H,26,27). The van der Waals surface area contributed by atoms with Crippen molar-refractivity contribution < 1.29 is 44.7 Å². The number of amides is 1. The van der Waals surface area contributed by atoms with E-state index in [0.29, 0.717) is 5.56 Å². The van der Waals surface area contributed by atoms with Crippen LogP contribution >= 0.6 is 0 Å². The lowest BCUT2D eigenvalue weighted by molar-refractivity contribution is -0.387. The van der Waals surface area contributed by atoms with E-state index in [1.165, 1.54) is 31.2 Å². The summed E-state index contributed by atoms with van der Waals surface area (Å²) in [5, 5.41) is 12.1. The largest absolute Gasteiger partial charge is 0.426 e. The summed E-state index contributed by atoms with van der Waals surface area (Å²) in [6, 6.07) is 5.04. The highest BCUT2D eigenvalue weighted by Gasteiger charge is 2.73. The average molecular weight is 475 g/mol. The summed E-state index contributed by atoms with van der Waals surface area (Å²) in [4.78, 5) is 12.3. The van der Waals surface area contributed by atoms with Gasteiger partial charge in [-0.25, -0.2) is 8.42 Å². The summed E-state index contributed by atoms with van der Waals surface area (Å²) in [5.74, 6) is -2.61. The SMILES string of the molecule is CCS(=O)(=O)c1ccc(CC(=O)NC2CCC(C(O)(C(F)(F)F)C(F)(F)F)CC2)cc1. The first-order chi connectivity index (χ1) is 14.1. The van der Waals surface area contributed by atoms with Gasteiger partial charge in [-0.05, 0) is 43.4 Å². The number of rotatable bonds is 6. The first kappa shape index (κ1) is 25.4. The normalized spacial score (nSPS) is 21.0. The number of hydrogen-bond acceptors (Lipinski definition) is 4. The van der Waals surface area contributed by atoms with Crippen LogP contribution in [-0.2, 0) is 21.1 Å². The Morgan fingerprint density at radius 1 is 1.00 bits per heavy atom. The van der Waals surface area contributed by atoms with E-state index in [4.69, 9.17) is 0 Å². The second-order valence-corrected chi connectivity index (χ2v) is 9.88. The van der Waals surface area contributed by atoms with Crippen LogP contribution in [0.25, 0.3) is 0 Å². The van der Waals surface area contributed by atoms with Crippen LogP contribution in [0.15, 0.2) is 29.2 Å². The molecule has 0 radical (unpaired) electrons. The predicted octanol–water partition coefficient (Wildman–Crippen LogP) is 3.55. The molecular formula is C19H23F6NO4S. The Hall–Kier alpha value is -1.82. The van der Waals surface area contributed by atoms with E-state index in [-0.39, 0.29) is 29.9 Å². The van der Waals surface area contributed by atoms with Crippen LogP contribution in [0.1, 0.15) is 38.2 Å². The number of halogens is 6. The van der Waals surface area contributed by atoms with E-state index in [1.54, 1.807) is 0 Å². The predicted molar refractivity (Wildman–Crippen MR) is 98.8 cm³/mol. The van der Waals surface area contributed by atoms with Crippen molar-refractivity contribution in [3.05, 3.63) is 29.8 Å². The van der Waals surface area contributed by atoms with Crippen LogP contribution < -0.4 is 5.32 Å². The molecule has 2 N–H and O–H groups in total. The fourth-order valence-electron chi connectivity index (χ4n) is 3.72. The maximum atomic E-state index is 13.0. The third-order valence-electron chi connectivity index (χ3n) is 5.57. The molecular weight excluding hydrogens is 452 g/mol. The number of sulfone groups is 1. The first-order valence-electron chi connectivity index (χ1n) is 9.58. The summed E-state index contributed by atoms with van der Waals surface area (Å²) in [6.07, 6.45) is -13.2. The van der Waals surface area contributed by atoms with Gasteiger partial charge in [0.15, 0.2) is 9.84 Å². The highest BCUT2D eigenvalue weighted by atomic mass is 32.2. The van der Waals surface area contributed by atoms with E-state index in [0.717, 1.165) is 0 Å². The van der Waals surface area contributed by atoms with Crippen LogP contribution in [0.5, 0.6) is 0 Å². The molecule has 1 amide bonds. The quantitative estimate of drug-likeness (QED) is 0.617. The average Bonchev–Trinajstić information content (AvgIpc) is 2.66. The fourth-order valence-corrected chi connectivity index (χ4v) is 4.61. The Balaban J connectivity index is 1.95. The van der Waals surface area contributed by atoms with E-state index >= 15 is 0 Å². The van der Waals surface area contributed by atoms with Crippen LogP contribution in [0, 0.1) is 5.92 Å². The second kappa shape index (κ2) is 8.97. The van der Waals surface area contributed by atoms with Gasteiger partial charge in [-0.2, -0.15) is 26.3 Å². The molecule has 1 aromatic rings. The highest BCUT2D eigenvalue weighted by Crippen LogP contribution is 2.51. The van der Waals surface area contributed by atoms with Gasteiger partial charge in [0.2, 0.25) is 5.91 Å². The summed E-state index contributed by atoms with van der Waals surface area (Å²) in [5.41, 5.74) is -4.28. The minimum atomic E-state index is -5.86. The molecule has 0 unspecified atom stereocenters. The van der Waals surface area contributed by atoms with Gasteiger partial charge in [-0.1, -0.05) is 19.1 Å². The van der Waals surface area contributed by atoms with E-state index < -0.39 is 58.5 Å². The summed E-state index contributed by atoms with van der Waals surface area (Å²) in [7, 11) is -3.39. The topological polar surface area (TPSA) is 83.5 Å². The molecule has 0 saturated heterocycles. The summed E-state index contributed by atoms with van der Waals surface area (Å²) in [6.45, 7) is 1.50. The lowest BCUT2D eigenvalue weighted by atomic mass is 9.74. The number of hydrogen-bond donors (Lipinski definition) is 2. The number of nitrogens with one attached hydrogen (secondary N) is 1. The molecule has 1 saturated carbocycles. The molecule has 5 nitrogen and oxygen atoms in total. The number of aliphatic hydroxyl groups is 1. The molecule has 176 valence electrons. The van der Waals surface area contributed by atoms with Gasteiger partial charge >= 0.3 is 12.4 Å². The molecule has 0 spiro atoms. The molecule has 0 aliphatic heterocycles. The van der Waals surface area contributed by atoms with Crippen molar-refractivity contribution in [1.29, 1.82) is 0 Å². The van der Waals surface area contributed by atoms with E-state index in [1.807, 2.05) is 0 Å². The molecule has 31 heavy (non-hydrogen) atoms. The molecule has 1 aliphatic carbocycles. The van der Waals surface area contributed by atoms with Crippen LogP contribution in [0.2, 0.25) is 0 Å². The van der Waals surface area contributed by atoms with Crippen molar-refractivity contribution in [3.8, 4) is 0 Å². The minimum absolute atomic E-state index is 0.0761. The molecule has 1 fully saturated rings. The number of alkyl halides is 6. The van der Waals surface area contributed by atoms with Gasteiger partial charge in [0.1, 0.15) is 0 Å². The lowest BCUT2D eigenvalue weighted by Gasteiger charge is -2.42. The van der Waals surface area contributed by atoms with Crippen LogP contribution in [-0.4, -0.2) is 49.2 Å². The van der Waals surface area contributed by atoms with Gasteiger partial charge in [0.25, 0.3) is 5.60 Å². The van der Waals surface area contributed by atoms with Crippen molar-refractivity contribution in [2.75, 3.05) is 5.75 Å². The van der Waals surface area contributed by atoms with Crippen LogP contribution in [0.4, 0.5) is 26.3 Å². The second-order valence-electron chi connectivity index (χ2n) is 7.60. The maximum absolute atomic E-state index is 13.0. The van der Waals surface area contributed by atoms with Crippen LogP contribution in [0.3, 0.4) is 0 Å². The van der Waals surface area contributed by atoms with E-state index in [2.05, 4.69) is 5.32 Å². The molecule has 0 bridgehead atoms. The summed E-state index contributed by atoms with van der Waals surface area (Å²) < 4.78 is 101. The number of carbonyl (C=O) groups excluding carboxylic acids is 1. The minimum Gasteiger partial charge on any atom is -0.373 e. The first-order valence-corrected chi connectivity index (χ1v) is 11.2. The van der Waals surface area contributed by atoms with Crippen molar-refractivity contribution in [3.63, 3.8) is 0 Å². The highest BCUT2D eigenvalue weighted by molar-refractivity contribution is 7.91. The molecule has 0 heterocycles. The smallest absolute Gasteiger partial charge is 0.373 e. The van der Waals surface area contributed by atoms with E-state index in [9.17, 15) is 44.7 Å². The Kier molecular flexibility index (Phi) is 7.36. The molecule has 1 aliphatic rings. The third kappa shape index (κ3) is 5.51. The molecule has 0 atom stereocenters. The Bertz CT molecular complexity index is 858. The zero-order valence-electron chi connectivity index (χ0n) is 16.6. The Morgan fingerprint density at radius 2 is 1.48 bits per heavy atom. The lowest BCUT2D eigenvalue weighted by Crippen LogP contribution is -2.62. The Morgan fingerprint density at radius 3 is 1.90 bits per heavy atom. The molecule has 12 heteroatoms. The zero-order chi connectivity index (χ0) is 23.7. The van der Waals surface area contributed by atoms with Crippen molar-refractivity contribution >= 4 is 15.7 Å². The van der Waals surface area contributed by atoms with Gasteiger partial charge in [-0.15, -0.1) is 0 Å². The Labute approximate surface area is 175 Å². The molecule has 1 aromatic carbocycles. The van der Waals surface area contributed by atoms with Gasteiger partial charge in [-0.3, -0.25) is 4.79 Å². The number of benzene rings is 1. The van der Waals surface area contributed by atoms with Crippen molar-refractivity contribution in [2.45, 2.75) is 67.9 Å². The third-order valence-corrected chi connectivity index (χ3v) is 7.33. The monoisotopic (exact) mass is 475 g/mol. The van der Waals surface area contributed by atoms with Crippen molar-refractivity contribution in [2.24, 2.45) is 5.92 Å². The van der Waals surface area contributed by atoms with Gasteiger partial charge < -0.3 is 10.4 Å². The van der Waals surface area contributed by atoms with Gasteiger partial charge in [0.05, 0.1) is 17.1 Å². The zero-order valence-corrected chi connectivity index (χ0v) is 17.4. The molecule has 0 aromatic heterocycles. The molecule has 2 rings (SSSR count). The summed E-state index contributed by atoms with van der Waals surface area (Å²) >= 11 is 0. The van der Waals surface area contributed by atoms with Gasteiger partial charge in [0, 0.05) is 12.0 Å². The number of carbonyl (C=O) groups is 1. The van der Waals surface area contributed by atoms with Crippen molar-refractivity contribution in [1.82, 2.24) is 5.32 Å². The maximum Gasteiger partial charge on any atom is 0.426 e.